The molecule has 0 aliphatic carbocycles. The second kappa shape index (κ2) is 5.45. The van der Waals surface area contributed by atoms with E-state index in [0.29, 0.717) is 5.92 Å². The van der Waals surface area contributed by atoms with Crippen molar-refractivity contribution in [2.75, 3.05) is 7.11 Å². The maximum absolute atomic E-state index is 9.37. The Morgan fingerprint density at radius 2 is 1.89 bits per heavy atom. The molecule has 0 spiro atoms. The number of hydrogen-bond acceptors (Lipinski definition) is 3. The van der Waals surface area contributed by atoms with E-state index in [1.54, 1.807) is 7.11 Å². The highest BCUT2D eigenvalue weighted by Crippen LogP contribution is 2.26. The zero-order valence-corrected chi connectivity index (χ0v) is 11.8. The van der Waals surface area contributed by atoms with Crippen LogP contribution in [0.3, 0.4) is 0 Å². The normalized spacial score (nSPS) is 11.1. The predicted molar refractivity (Wildman–Crippen MR) is 74.9 cm³/mol. The van der Waals surface area contributed by atoms with Gasteiger partial charge in [-0.2, -0.15) is 5.10 Å². The lowest BCUT2D eigenvalue weighted by molar-refractivity contribution is 0.275. The summed E-state index contributed by atoms with van der Waals surface area (Å²) in [7, 11) is 1.65. The summed E-state index contributed by atoms with van der Waals surface area (Å²) in [6.07, 6.45) is 0. The van der Waals surface area contributed by atoms with Crippen molar-refractivity contribution >= 4 is 0 Å². The van der Waals surface area contributed by atoms with Crippen LogP contribution < -0.4 is 4.74 Å². The topological polar surface area (TPSA) is 47.3 Å². The van der Waals surface area contributed by atoms with Gasteiger partial charge in [-0.25, -0.2) is 4.68 Å². The third kappa shape index (κ3) is 2.49. The molecule has 1 aromatic carbocycles. The first-order valence-electron chi connectivity index (χ1n) is 6.42. The lowest BCUT2D eigenvalue weighted by Crippen LogP contribution is -2.04. The molecule has 0 saturated heterocycles. The summed E-state index contributed by atoms with van der Waals surface area (Å²) in [5.74, 6) is 1.16. The minimum Gasteiger partial charge on any atom is -0.497 e. The van der Waals surface area contributed by atoms with Crippen LogP contribution in [0.5, 0.6) is 5.75 Å². The van der Waals surface area contributed by atoms with Crippen LogP contribution in [-0.2, 0) is 6.61 Å². The first-order chi connectivity index (χ1) is 9.08. The molecule has 0 fully saturated rings. The highest BCUT2D eigenvalue weighted by atomic mass is 16.5. The van der Waals surface area contributed by atoms with Crippen LogP contribution in [0.25, 0.3) is 5.69 Å². The van der Waals surface area contributed by atoms with Gasteiger partial charge in [0.05, 0.1) is 30.8 Å². The van der Waals surface area contributed by atoms with Crippen molar-refractivity contribution < 1.29 is 9.84 Å². The minimum atomic E-state index is -0.0330. The van der Waals surface area contributed by atoms with Crippen LogP contribution in [0.4, 0.5) is 0 Å². The van der Waals surface area contributed by atoms with Gasteiger partial charge in [-0.05, 0) is 42.7 Å². The summed E-state index contributed by atoms with van der Waals surface area (Å²) in [5.41, 5.74) is 3.91. The molecule has 1 heterocycles. The molecular formula is C15H20N2O2. The Hall–Kier alpha value is -1.81. The van der Waals surface area contributed by atoms with Gasteiger partial charge in [-0.1, -0.05) is 13.8 Å². The van der Waals surface area contributed by atoms with E-state index in [2.05, 4.69) is 18.9 Å². The van der Waals surface area contributed by atoms with Crippen molar-refractivity contribution in [2.24, 2.45) is 0 Å². The molecule has 19 heavy (non-hydrogen) atoms. The number of methoxy groups -OCH3 is 1. The van der Waals surface area contributed by atoms with Crippen LogP contribution >= 0.6 is 0 Å². The summed E-state index contributed by atoms with van der Waals surface area (Å²) >= 11 is 0. The van der Waals surface area contributed by atoms with E-state index in [9.17, 15) is 5.11 Å². The Kier molecular flexibility index (Phi) is 3.90. The van der Waals surface area contributed by atoms with Crippen molar-refractivity contribution in [3.05, 3.63) is 41.2 Å². The Morgan fingerprint density at radius 1 is 1.26 bits per heavy atom. The van der Waals surface area contributed by atoms with E-state index in [1.165, 1.54) is 0 Å². The lowest BCUT2D eigenvalue weighted by atomic mass is 10.0. The first kappa shape index (κ1) is 13.6. The Labute approximate surface area is 113 Å². The molecule has 0 amide bonds. The van der Waals surface area contributed by atoms with Gasteiger partial charge < -0.3 is 9.84 Å². The number of nitrogens with zero attached hydrogens (tertiary/aromatic N) is 2. The number of hydrogen-bond donors (Lipinski definition) is 1. The number of aromatic nitrogens is 2. The smallest absolute Gasteiger partial charge is 0.119 e. The van der Waals surface area contributed by atoms with Gasteiger partial charge in [0.15, 0.2) is 0 Å². The molecule has 2 rings (SSSR count). The summed E-state index contributed by atoms with van der Waals surface area (Å²) in [5, 5.41) is 13.9. The van der Waals surface area contributed by atoms with E-state index in [1.807, 2.05) is 35.9 Å². The average Bonchev–Trinajstić information content (AvgIpc) is 2.76. The maximum Gasteiger partial charge on any atom is 0.119 e. The SMILES string of the molecule is COc1ccc(-n2nc(CO)c(C)c2C(C)C)cc1. The molecule has 4 nitrogen and oxygen atoms in total. The molecule has 0 aliphatic rings. The average molecular weight is 260 g/mol. The monoisotopic (exact) mass is 260 g/mol. The van der Waals surface area contributed by atoms with Gasteiger partial charge in [-0.3, -0.25) is 0 Å². The molecular weight excluding hydrogens is 240 g/mol. The Balaban J connectivity index is 2.53. The maximum atomic E-state index is 9.37. The molecule has 0 atom stereocenters. The van der Waals surface area contributed by atoms with Gasteiger partial charge in [-0.15, -0.1) is 0 Å². The van der Waals surface area contributed by atoms with Crippen LogP contribution in [0, 0.1) is 6.92 Å². The van der Waals surface area contributed by atoms with E-state index >= 15 is 0 Å². The summed E-state index contributed by atoms with van der Waals surface area (Å²) in [6, 6.07) is 7.76. The van der Waals surface area contributed by atoms with Gasteiger partial charge in [0.2, 0.25) is 0 Å². The number of aliphatic hydroxyl groups is 1. The van der Waals surface area contributed by atoms with Gasteiger partial charge >= 0.3 is 0 Å². The molecule has 0 aliphatic heterocycles. The third-order valence-electron chi connectivity index (χ3n) is 3.28. The molecule has 0 bridgehead atoms. The second-order valence-electron chi connectivity index (χ2n) is 4.88. The van der Waals surface area contributed by atoms with Gasteiger partial charge in [0.1, 0.15) is 5.75 Å². The molecule has 102 valence electrons. The highest BCUT2D eigenvalue weighted by molar-refractivity contribution is 5.41. The summed E-state index contributed by atoms with van der Waals surface area (Å²) < 4.78 is 7.07. The minimum absolute atomic E-state index is 0.0330. The first-order valence-corrected chi connectivity index (χ1v) is 6.42. The zero-order valence-electron chi connectivity index (χ0n) is 11.8. The van der Waals surface area contributed by atoms with Crippen LogP contribution in [0.2, 0.25) is 0 Å². The van der Waals surface area contributed by atoms with Gasteiger partial charge in [0.25, 0.3) is 0 Å². The molecule has 0 unspecified atom stereocenters. The number of ether oxygens (including phenoxy) is 1. The lowest BCUT2D eigenvalue weighted by Gasteiger charge is -2.11. The molecule has 4 heteroatoms. The van der Waals surface area contributed by atoms with Crippen molar-refractivity contribution in [1.82, 2.24) is 9.78 Å². The standard InChI is InChI=1S/C15H20N2O2/c1-10(2)15-11(3)14(9-18)16-17(15)12-5-7-13(19-4)8-6-12/h5-8,10,18H,9H2,1-4H3. The van der Waals surface area contributed by atoms with E-state index in [-0.39, 0.29) is 6.61 Å². The quantitative estimate of drug-likeness (QED) is 0.919. The molecule has 0 radical (unpaired) electrons. The number of rotatable bonds is 4. The van der Waals surface area contributed by atoms with E-state index < -0.39 is 0 Å². The zero-order chi connectivity index (χ0) is 14.0. The van der Waals surface area contributed by atoms with Gasteiger partial charge in [0, 0.05) is 0 Å². The molecule has 1 aromatic heterocycles. The second-order valence-corrected chi connectivity index (χ2v) is 4.88. The number of aliphatic hydroxyl groups excluding tert-OH is 1. The largest absolute Gasteiger partial charge is 0.497 e. The van der Waals surface area contributed by atoms with Crippen molar-refractivity contribution in [1.29, 1.82) is 0 Å². The number of benzene rings is 1. The fraction of sp³-hybridized carbons (Fsp3) is 0.400. The van der Waals surface area contributed by atoms with E-state index in [4.69, 9.17) is 4.74 Å². The molecule has 1 N–H and O–H groups in total. The Morgan fingerprint density at radius 3 is 2.37 bits per heavy atom. The van der Waals surface area contributed by atoms with Crippen LogP contribution in [0.15, 0.2) is 24.3 Å². The van der Waals surface area contributed by atoms with Crippen LogP contribution in [-0.4, -0.2) is 22.0 Å². The summed E-state index contributed by atoms with van der Waals surface area (Å²) in [4.78, 5) is 0. The summed E-state index contributed by atoms with van der Waals surface area (Å²) in [6.45, 7) is 6.24. The fourth-order valence-corrected chi connectivity index (χ4v) is 2.30. The predicted octanol–water partition coefficient (Wildman–Crippen LogP) is 2.81. The fourth-order valence-electron chi connectivity index (χ4n) is 2.30. The molecule has 2 aromatic rings. The Bertz CT molecular complexity index is 556. The van der Waals surface area contributed by atoms with Crippen LogP contribution in [0.1, 0.15) is 36.7 Å². The van der Waals surface area contributed by atoms with Crippen molar-refractivity contribution in [3.8, 4) is 11.4 Å². The van der Waals surface area contributed by atoms with Crippen molar-refractivity contribution in [3.63, 3.8) is 0 Å². The third-order valence-corrected chi connectivity index (χ3v) is 3.28. The highest BCUT2D eigenvalue weighted by Gasteiger charge is 2.17. The van der Waals surface area contributed by atoms with Crippen molar-refractivity contribution in [2.45, 2.75) is 33.3 Å². The van der Waals surface area contributed by atoms with E-state index in [0.717, 1.165) is 28.4 Å². The molecule has 0 saturated carbocycles.